The standard InChI is InChI=1S/C14H21NO3/c1-4-18-13-7-5-6-12(9-13)10-15-11(2)8-14(16)17-3/h5-7,9,11,15H,4,8,10H2,1-3H3. The fourth-order valence-corrected chi connectivity index (χ4v) is 1.61. The summed E-state index contributed by atoms with van der Waals surface area (Å²) in [5.74, 6) is 0.676. The molecular weight excluding hydrogens is 230 g/mol. The second-order valence-corrected chi connectivity index (χ2v) is 4.14. The molecule has 1 N–H and O–H groups in total. The van der Waals surface area contributed by atoms with Crippen LogP contribution in [-0.4, -0.2) is 25.7 Å². The molecule has 0 aliphatic rings. The average Bonchev–Trinajstić information content (AvgIpc) is 2.37. The summed E-state index contributed by atoms with van der Waals surface area (Å²) in [6.07, 6.45) is 0.377. The van der Waals surface area contributed by atoms with E-state index in [9.17, 15) is 4.79 Å². The highest BCUT2D eigenvalue weighted by molar-refractivity contribution is 5.69. The second-order valence-electron chi connectivity index (χ2n) is 4.14. The zero-order valence-electron chi connectivity index (χ0n) is 11.2. The smallest absolute Gasteiger partial charge is 0.307 e. The third kappa shape index (κ3) is 5.19. The molecule has 0 spiro atoms. The summed E-state index contributed by atoms with van der Waals surface area (Å²) in [7, 11) is 1.40. The summed E-state index contributed by atoms with van der Waals surface area (Å²) in [5, 5.41) is 3.28. The number of nitrogens with one attached hydrogen (secondary N) is 1. The molecule has 0 aliphatic carbocycles. The van der Waals surface area contributed by atoms with Crippen LogP contribution in [0.2, 0.25) is 0 Å². The Labute approximate surface area is 108 Å². The predicted molar refractivity (Wildman–Crippen MR) is 70.5 cm³/mol. The maximum absolute atomic E-state index is 11.1. The zero-order valence-corrected chi connectivity index (χ0v) is 11.2. The van der Waals surface area contributed by atoms with Crippen molar-refractivity contribution in [1.82, 2.24) is 5.32 Å². The number of rotatable bonds is 7. The Hall–Kier alpha value is -1.55. The van der Waals surface area contributed by atoms with Crippen LogP contribution in [-0.2, 0) is 16.1 Å². The van der Waals surface area contributed by atoms with Crippen LogP contribution in [0.4, 0.5) is 0 Å². The minimum atomic E-state index is -0.196. The van der Waals surface area contributed by atoms with Crippen LogP contribution in [0.3, 0.4) is 0 Å². The van der Waals surface area contributed by atoms with E-state index in [2.05, 4.69) is 10.1 Å². The molecule has 1 rings (SSSR count). The fraction of sp³-hybridized carbons (Fsp3) is 0.500. The normalized spacial score (nSPS) is 11.9. The van der Waals surface area contributed by atoms with Crippen molar-refractivity contribution in [2.45, 2.75) is 32.9 Å². The summed E-state index contributed by atoms with van der Waals surface area (Å²) < 4.78 is 10.1. The molecule has 100 valence electrons. The van der Waals surface area contributed by atoms with Crippen LogP contribution in [0.5, 0.6) is 5.75 Å². The van der Waals surface area contributed by atoms with Crippen molar-refractivity contribution >= 4 is 5.97 Å². The third-order valence-electron chi connectivity index (χ3n) is 2.56. The van der Waals surface area contributed by atoms with Crippen LogP contribution < -0.4 is 10.1 Å². The maximum Gasteiger partial charge on any atom is 0.307 e. The number of ether oxygens (including phenoxy) is 2. The summed E-state index contributed by atoms with van der Waals surface area (Å²) in [5.41, 5.74) is 1.14. The summed E-state index contributed by atoms with van der Waals surface area (Å²) in [6, 6.07) is 8.02. The topological polar surface area (TPSA) is 47.6 Å². The summed E-state index contributed by atoms with van der Waals surface area (Å²) >= 11 is 0. The van der Waals surface area contributed by atoms with E-state index in [0.29, 0.717) is 19.6 Å². The second kappa shape index (κ2) is 7.71. The van der Waals surface area contributed by atoms with E-state index in [1.54, 1.807) is 0 Å². The van der Waals surface area contributed by atoms with Gasteiger partial charge in [-0.3, -0.25) is 4.79 Å². The van der Waals surface area contributed by atoms with Crippen molar-refractivity contribution in [3.63, 3.8) is 0 Å². The van der Waals surface area contributed by atoms with Crippen LogP contribution in [0.25, 0.3) is 0 Å². The van der Waals surface area contributed by atoms with Gasteiger partial charge in [-0.05, 0) is 31.5 Å². The first-order valence-corrected chi connectivity index (χ1v) is 6.17. The molecule has 18 heavy (non-hydrogen) atoms. The first kappa shape index (κ1) is 14.5. The summed E-state index contributed by atoms with van der Waals surface area (Å²) in [6.45, 7) is 5.29. The van der Waals surface area contributed by atoms with Crippen molar-refractivity contribution in [3.8, 4) is 5.75 Å². The Balaban J connectivity index is 2.42. The predicted octanol–water partition coefficient (Wildman–Crippen LogP) is 2.13. The van der Waals surface area contributed by atoms with Gasteiger partial charge in [-0.2, -0.15) is 0 Å². The summed E-state index contributed by atoms with van der Waals surface area (Å²) in [4.78, 5) is 11.1. The molecule has 0 bridgehead atoms. The van der Waals surface area contributed by atoms with E-state index < -0.39 is 0 Å². The molecule has 0 saturated heterocycles. The van der Waals surface area contributed by atoms with Gasteiger partial charge in [-0.1, -0.05) is 12.1 Å². The fourth-order valence-electron chi connectivity index (χ4n) is 1.61. The van der Waals surface area contributed by atoms with Gasteiger partial charge in [0.25, 0.3) is 0 Å². The quantitative estimate of drug-likeness (QED) is 0.754. The van der Waals surface area contributed by atoms with Crippen molar-refractivity contribution < 1.29 is 14.3 Å². The molecule has 1 aromatic rings. The van der Waals surface area contributed by atoms with Crippen LogP contribution in [0.1, 0.15) is 25.8 Å². The number of methoxy groups -OCH3 is 1. The Morgan fingerprint density at radius 1 is 1.44 bits per heavy atom. The Morgan fingerprint density at radius 2 is 2.22 bits per heavy atom. The van der Waals surface area contributed by atoms with Crippen LogP contribution in [0, 0.1) is 0 Å². The van der Waals surface area contributed by atoms with Gasteiger partial charge in [0.1, 0.15) is 5.75 Å². The molecule has 0 aromatic heterocycles. The van der Waals surface area contributed by atoms with Gasteiger partial charge in [0.2, 0.25) is 0 Å². The molecule has 4 nitrogen and oxygen atoms in total. The number of benzene rings is 1. The van der Waals surface area contributed by atoms with Gasteiger partial charge < -0.3 is 14.8 Å². The molecule has 0 fully saturated rings. The van der Waals surface area contributed by atoms with Crippen molar-refractivity contribution in [2.24, 2.45) is 0 Å². The van der Waals surface area contributed by atoms with E-state index in [-0.39, 0.29) is 12.0 Å². The van der Waals surface area contributed by atoms with E-state index in [1.165, 1.54) is 7.11 Å². The number of hydrogen-bond donors (Lipinski definition) is 1. The minimum Gasteiger partial charge on any atom is -0.494 e. The monoisotopic (exact) mass is 251 g/mol. The minimum absolute atomic E-state index is 0.0909. The molecule has 0 heterocycles. The van der Waals surface area contributed by atoms with E-state index in [1.807, 2.05) is 38.1 Å². The highest BCUT2D eigenvalue weighted by Gasteiger charge is 2.08. The van der Waals surface area contributed by atoms with Gasteiger partial charge in [-0.15, -0.1) is 0 Å². The molecular formula is C14H21NO3. The van der Waals surface area contributed by atoms with Crippen molar-refractivity contribution in [1.29, 1.82) is 0 Å². The molecule has 0 aliphatic heterocycles. The van der Waals surface area contributed by atoms with E-state index >= 15 is 0 Å². The lowest BCUT2D eigenvalue weighted by Gasteiger charge is -2.13. The van der Waals surface area contributed by atoms with Crippen molar-refractivity contribution in [2.75, 3.05) is 13.7 Å². The number of carbonyl (C=O) groups excluding carboxylic acids is 1. The highest BCUT2D eigenvalue weighted by atomic mass is 16.5. The van der Waals surface area contributed by atoms with Gasteiger partial charge in [0.05, 0.1) is 20.1 Å². The average molecular weight is 251 g/mol. The highest BCUT2D eigenvalue weighted by Crippen LogP contribution is 2.13. The zero-order chi connectivity index (χ0) is 13.4. The Bertz CT molecular complexity index is 379. The number of esters is 1. The van der Waals surface area contributed by atoms with Crippen LogP contribution >= 0.6 is 0 Å². The largest absolute Gasteiger partial charge is 0.494 e. The lowest BCUT2D eigenvalue weighted by Crippen LogP contribution is -2.28. The first-order chi connectivity index (χ1) is 8.65. The van der Waals surface area contributed by atoms with E-state index in [4.69, 9.17) is 4.74 Å². The van der Waals surface area contributed by atoms with Gasteiger partial charge in [0.15, 0.2) is 0 Å². The maximum atomic E-state index is 11.1. The third-order valence-corrected chi connectivity index (χ3v) is 2.56. The molecule has 1 atom stereocenters. The molecule has 1 unspecified atom stereocenters. The Morgan fingerprint density at radius 3 is 2.89 bits per heavy atom. The van der Waals surface area contributed by atoms with Gasteiger partial charge in [0, 0.05) is 12.6 Å². The molecule has 0 saturated carbocycles. The first-order valence-electron chi connectivity index (χ1n) is 6.17. The molecule has 4 heteroatoms. The van der Waals surface area contributed by atoms with E-state index in [0.717, 1.165) is 11.3 Å². The molecule has 1 aromatic carbocycles. The van der Waals surface area contributed by atoms with Crippen LogP contribution in [0.15, 0.2) is 24.3 Å². The molecule has 0 amide bonds. The van der Waals surface area contributed by atoms with Crippen molar-refractivity contribution in [3.05, 3.63) is 29.8 Å². The number of hydrogen-bond acceptors (Lipinski definition) is 4. The Kier molecular flexibility index (Phi) is 6.22. The van der Waals surface area contributed by atoms with Gasteiger partial charge in [-0.25, -0.2) is 0 Å². The van der Waals surface area contributed by atoms with Gasteiger partial charge >= 0.3 is 5.97 Å². The number of carbonyl (C=O) groups is 1. The molecule has 0 radical (unpaired) electrons. The lowest BCUT2D eigenvalue weighted by molar-refractivity contribution is -0.141. The lowest BCUT2D eigenvalue weighted by atomic mass is 10.2. The SMILES string of the molecule is CCOc1cccc(CNC(C)CC(=O)OC)c1.